The number of benzene rings is 1. The largest absolute Gasteiger partial charge is 0.496 e. The predicted octanol–water partition coefficient (Wildman–Crippen LogP) is 3.33. The van der Waals surface area contributed by atoms with Crippen LogP contribution in [0.15, 0.2) is 41.8 Å². The molecule has 0 bridgehead atoms. The molecule has 0 aliphatic carbocycles. The lowest BCUT2D eigenvalue weighted by molar-refractivity contribution is 0.0944. The summed E-state index contributed by atoms with van der Waals surface area (Å²) in [5.41, 5.74) is 4.96. The lowest BCUT2D eigenvalue weighted by atomic mass is 10.1. The molecule has 8 nitrogen and oxygen atoms in total. The first-order chi connectivity index (χ1) is 15.0. The number of hydrogen-bond donors (Lipinski definition) is 1. The maximum absolute atomic E-state index is 12.7. The molecule has 9 heteroatoms. The number of amides is 1. The zero-order chi connectivity index (χ0) is 22.0. The van der Waals surface area contributed by atoms with Crippen molar-refractivity contribution in [1.82, 2.24) is 29.9 Å². The van der Waals surface area contributed by atoms with Gasteiger partial charge in [-0.2, -0.15) is 10.2 Å². The van der Waals surface area contributed by atoms with Gasteiger partial charge in [0.05, 0.1) is 24.2 Å². The molecule has 160 valence electrons. The Balaban J connectivity index is 1.40. The molecule has 0 saturated carbocycles. The van der Waals surface area contributed by atoms with Crippen molar-refractivity contribution in [3.63, 3.8) is 0 Å². The van der Waals surface area contributed by atoms with Gasteiger partial charge in [-0.15, -0.1) is 11.3 Å². The van der Waals surface area contributed by atoms with Gasteiger partial charge in [0, 0.05) is 36.7 Å². The number of nitrogens with one attached hydrogen (secondary N) is 1. The molecule has 3 heterocycles. The molecule has 0 aliphatic heterocycles. The molecular weight excluding hydrogens is 412 g/mol. The van der Waals surface area contributed by atoms with Crippen LogP contribution in [0.5, 0.6) is 5.75 Å². The Morgan fingerprint density at radius 2 is 2.00 bits per heavy atom. The highest BCUT2D eigenvalue weighted by molar-refractivity contribution is 7.12. The Labute approximate surface area is 184 Å². The van der Waals surface area contributed by atoms with Gasteiger partial charge in [0.2, 0.25) is 5.13 Å². The van der Waals surface area contributed by atoms with Gasteiger partial charge in [-0.3, -0.25) is 9.48 Å². The van der Waals surface area contributed by atoms with E-state index < -0.39 is 0 Å². The van der Waals surface area contributed by atoms with E-state index in [-0.39, 0.29) is 5.91 Å². The van der Waals surface area contributed by atoms with E-state index in [0.29, 0.717) is 24.4 Å². The average Bonchev–Trinajstić information content (AvgIpc) is 3.46. The molecule has 4 rings (SSSR count). The van der Waals surface area contributed by atoms with Crippen LogP contribution in [-0.4, -0.2) is 44.1 Å². The first-order valence-electron chi connectivity index (χ1n) is 9.90. The summed E-state index contributed by atoms with van der Waals surface area (Å²) in [6.07, 6.45) is 0.638. The summed E-state index contributed by atoms with van der Waals surface area (Å²) in [6, 6.07) is 11.4. The summed E-state index contributed by atoms with van der Waals surface area (Å²) in [5.74, 6) is 0.541. The second-order valence-corrected chi connectivity index (χ2v) is 8.04. The Bertz CT molecular complexity index is 1220. The van der Waals surface area contributed by atoms with Crippen LogP contribution in [-0.2, 0) is 13.5 Å². The molecule has 0 unspecified atom stereocenters. The summed E-state index contributed by atoms with van der Waals surface area (Å²) >= 11 is 1.54. The third kappa shape index (κ3) is 4.36. The molecule has 4 aromatic rings. The lowest BCUT2D eigenvalue weighted by Crippen LogP contribution is -2.27. The highest BCUT2D eigenvalue weighted by Gasteiger charge is 2.16. The zero-order valence-corrected chi connectivity index (χ0v) is 18.7. The van der Waals surface area contributed by atoms with Crippen LogP contribution in [0.25, 0.3) is 16.4 Å². The van der Waals surface area contributed by atoms with Crippen molar-refractivity contribution in [3.05, 3.63) is 64.6 Å². The van der Waals surface area contributed by atoms with Crippen molar-refractivity contribution >= 4 is 17.2 Å². The molecule has 0 saturated heterocycles. The van der Waals surface area contributed by atoms with E-state index in [2.05, 4.69) is 20.5 Å². The smallest absolute Gasteiger partial charge is 0.269 e. The molecule has 0 radical (unpaired) electrons. The number of nitrogens with zero attached hydrogens (tertiary/aromatic N) is 5. The second kappa shape index (κ2) is 8.73. The fraction of sp³-hybridized carbons (Fsp3) is 0.273. The number of carbonyl (C=O) groups excluding carboxylic acids is 1. The Hall–Kier alpha value is -3.46. The van der Waals surface area contributed by atoms with Crippen LogP contribution >= 0.6 is 11.3 Å². The fourth-order valence-electron chi connectivity index (χ4n) is 3.39. The van der Waals surface area contributed by atoms with Crippen LogP contribution in [0, 0.1) is 13.8 Å². The van der Waals surface area contributed by atoms with E-state index in [0.717, 1.165) is 33.5 Å². The molecule has 1 amide bonds. The molecular formula is C22H24N6O2S. The van der Waals surface area contributed by atoms with Gasteiger partial charge in [-0.05, 0) is 38.1 Å². The molecule has 0 atom stereocenters. The molecule has 1 aromatic carbocycles. The number of carbonyl (C=O) groups is 1. The zero-order valence-electron chi connectivity index (χ0n) is 17.9. The summed E-state index contributed by atoms with van der Waals surface area (Å²) in [7, 11) is 3.38. The van der Waals surface area contributed by atoms with Crippen molar-refractivity contribution in [3.8, 4) is 22.1 Å². The Kier molecular flexibility index (Phi) is 5.85. The van der Waals surface area contributed by atoms with Gasteiger partial charge >= 0.3 is 0 Å². The molecule has 0 fully saturated rings. The number of methoxy groups -OCH3 is 1. The standard InChI is InChI=1S/C22H24N6O2S/c1-14-11-15(2)28(25-14)22-24-16(13-31-22)9-10-23-21(29)19-12-18(26-27(19)3)17-7-5-6-8-20(17)30-4/h5-8,11-13H,9-10H2,1-4H3,(H,23,29). The average molecular weight is 437 g/mol. The number of thiazole rings is 1. The Morgan fingerprint density at radius 3 is 2.74 bits per heavy atom. The molecule has 3 aromatic heterocycles. The predicted molar refractivity (Wildman–Crippen MR) is 120 cm³/mol. The second-order valence-electron chi connectivity index (χ2n) is 7.20. The molecule has 0 spiro atoms. The summed E-state index contributed by atoms with van der Waals surface area (Å²) in [4.78, 5) is 17.3. The van der Waals surface area contributed by atoms with E-state index in [1.54, 1.807) is 36.2 Å². The van der Waals surface area contributed by atoms with Crippen molar-refractivity contribution in [2.24, 2.45) is 7.05 Å². The van der Waals surface area contributed by atoms with Gasteiger partial charge in [0.15, 0.2) is 0 Å². The quantitative estimate of drug-likeness (QED) is 0.480. The van der Waals surface area contributed by atoms with Gasteiger partial charge in [0.25, 0.3) is 5.91 Å². The van der Waals surface area contributed by atoms with Crippen molar-refractivity contribution < 1.29 is 9.53 Å². The normalized spacial score (nSPS) is 11.0. The van der Waals surface area contributed by atoms with Crippen LogP contribution in [0.4, 0.5) is 0 Å². The highest BCUT2D eigenvalue weighted by atomic mass is 32.1. The third-order valence-corrected chi connectivity index (χ3v) is 5.76. The molecule has 1 N–H and O–H groups in total. The minimum absolute atomic E-state index is 0.176. The number of ether oxygens (including phenoxy) is 1. The maximum atomic E-state index is 12.7. The van der Waals surface area contributed by atoms with Gasteiger partial charge in [-0.25, -0.2) is 9.67 Å². The number of aryl methyl sites for hydroxylation is 3. The molecule has 31 heavy (non-hydrogen) atoms. The summed E-state index contributed by atoms with van der Waals surface area (Å²) in [5, 5.41) is 14.7. The minimum Gasteiger partial charge on any atom is -0.496 e. The SMILES string of the molecule is COc1ccccc1-c1cc(C(=O)NCCc2csc(-n3nc(C)cc3C)n2)n(C)n1. The number of para-hydroxylation sites is 1. The maximum Gasteiger partial charge on any atom is 0.269 e. The number of hydrogen-bond acceptors (Lipinski definition) is 6. The van der Waals surface area contributed by atoms with E-state index in [1.165, 1.54) is 0 Å². The first-order valence-corrected chi connectivity index (χ1v) is 10.8. The Morgan fingerprint density at radius 1 is 1.19 bits per heavy atom. The number of aromatic nitrogens is 5. The lowest BCUT2D eigenvalue weighted by Gasteiger charge is -2.04. The third-order valence-electron chi connectivity index (χ3n) is 4.89. The van der Waals surface area contributed by atoms with E-state index in [1.807, 2.05) is 54.2 Å². The molecule has 0 aliphatic rings. The first kappa shape index (κ1) is 20.8. The number of rotatable bonds is 7. The summed E-state index contributed by atoms with van der Waals surface area (Å²) < 4.78 is 8.83. The monoisotopic (exact) mass is 436 g/mol. The van der Waals surface area contributed by atoms with Gasteiger partial charge < -0.3 is 10.1 Å². The van der Waals surface area contributed by atoms with Gasteiger partial charge in [0.1, 0.15) is 11.4 Å². The van der Waals surface area contributed by atoms with Crippen LogP contribution in [0.1, 0.15) is 27.6 Å². The summed E-state index contributed by atoms with van der Waals surface area (Å²) in [6.45, 7) is 4.45. The van der Waals surface area contributed by atoms with E-state index in [9.17, 15) is 4.79 Å². The highest BCUT2D eigenvalue weighted by Crippen LogP contribution is 2.28. The topological polar surface area (TPSA) is 86.9 Å². The fourth-order valence-corrected chi connectivity index (χ4v) is 4.26. The minimum atomic E-state index is -0.176. The van der Waals surface area contributed by atoms with Crippen LogP contribution < -0.4 is 10.1 Å². The van der Waals surface area contributed by atoms with Crippen LogP contribution in [0.3, 0.4) is 0 Å². The van der Waals surface area contributed by atoms with E-state index >= 15 is 0 Å². The van der Waals surface area contributed by atoms with Crippen molar-refractivity contribution in [2.75, 3.05) is 13.7 Å². The van der Waals surface area contributed by atoms with Crippen molar-refractivity contribution in [1.29, 1.82) is 0 Å². The van der Waals surface area contributed by atoms with Crippen molar-refractivity contribution in [2.45, 2.75) is 20.3 Å². The van der Waals surface area contributed by atoms with Gasteiger partial charge in [-0.1, -0.05) is 12.1 Å². The van der Waals surface area contributed by atoms with E-state index in [4.69, 9.17) is 4.74 Å². The van der Waals surface area contributed by atoms with Crippen LogP contribution in [0.2, 0.25) is 0 Å².